The van der Waals surface area contributed by atoms with Crippen LogP contribution in [-0.2, 0) is 10.1 Å². The number of amides is 1. The highest BCUT2D eigenvalue weighted by Gasteiger charge is 2.20. The maximum atomic E-state index is 12.2. The van der Waals surface area contributed by atoms with Gasteiger partial charge in [-0.05, 0) is 31.2 Å². The van der Waals surface area contributed by atoms with E-state index in [2.05, 4.69) is 5.32 Å². The van der Waals surface area contributed by atoms with E-state index < -0.39 is 16.0 Å². The molecule has 0 spiro atoms. The van der Waals surface area contributed by atoms with E-state index in [0.29, 0.717) is 0 Å². The van der Waals surface area contributed by atoms with Crippen LogP contribution in [0.25, 0.3) is 0 Å². The molecule has 0 saturated heterocycles. The summed E-state index contributed by atoms with van der Waals surface area (Å²) in [6.45, 7) is 1.86. The third-order valence-corrected chi connectivity index (χ3v) is 4.12. The summed E-state index contributed by atoms with van der Waals surface area (Å²) in [5.41, 5.74) is 1.11. The third kappa shape index (κ3) is 3.41. The van der Waals surface area contributed by atoms with Crippen LogP contribution in [0.2, 0.25) is 0 Å². The molecule has 5 nitrogen and oxygen atoms in total. The van der Waals surface area contributed by atoms with Gasteiger partial charge < -0.3 is 9.50 Å². The zero-order valence-electron chi connectivity index (χ0n) is 11.7. The molecule has 0 unspecified atom stereocenters. The second-order valence-corrected chi connectivity index (χ2v) is 5.97. The first-order valence-electron chi connectivity index (χ1n) is 6.26. The zero-order chi connectivity index (χ0) is 15.5. The Hall–Kier alpha value is -2.34. The molecule has 0 heterocycles. The van der Waals surface area contributed by atoms with Crippen LogP contribution >= 0.6 is 0 Å². The number of aryl methyl sites for hydroxylation is 1. The molecule has 0 bridgehead atoms. The number of carbonyl (C=O) groups excluding carboxylic acids is 1. The van der Waals surface area contributed by atoms with Crippen LogP contribution in [-0.4, -0.2) is 21.4 Å². The molecule has 21 heavy (non-hydrogen) atoms. The molecule has 2 aromatic rings. The first-order valence-corrected chi connectivity index (χ1v) is 7.67. The molecular weight excluding hydrogens is 290 g/mol. The minimum absolute atomic E-state index is 0.00238. The first-order chi connectivity index (χ1) is 9.94. The molecule has 0 saturated carbocycles. The predicted octanol–water partition coefficient (Wildman–Crippen LogP) is 2.12. The maximum Gasteiger partial charge on any atom is 0.339 e. The van der Waals surface area contributed by atoms with Crippen LogP contribution in [0.3, 0.4) is 0 Å². The van der Waals surface area contributed by atoms with Gasteiger partial charge in [0, 0.05) is 7.05 Å². The SMILES string of the molecule is CNC(=O)c1ccccc1OS(=O)(=O)c1ccc(C)cc1. The van der Waals surface area contributed by atoms with E-state index in [4.69, 9.17) is 4.18 Å². The standard InChI is InChI=1S/C15H15NO4S/c1-11-7-9-12(10-8-11)21(18,19)20-14-6-4-3-5-13(14)15(17)16-2/h3-10H,1-2H3,(H,16,17). The van der Waals surface area contributed by atoms with Gasteiger partial charge in [-0.3, -0.25) is 4.79 Å². The van der Waals surface area contributed by atoms with E-state index in [0.717, 1.165) is 5.56 Å². The van der Waals surface area contributed by atoms with Gasteiger partial charge in [0.05, 0.1) is 5.56 Å². The molecule has 0 aromatic heterocycles. The zero-order valence-corrected chi connectivity index (χ0v) is 12.5. The molecule has 1 N–H and O–H groups in total. The summed E-state index contributed by atoms with van der Waals surface area (Å²) in [4.78, 5) is 11.8. The van der Waals surface area contributed by atoms with Gasteiger partial charge in [0.25, 0.3) is 5.91 Å². The molecule has 0 radical (unpaired) electrons. The van der Waals surface area contributed by atoms with Crippen molar-refractivity contribution in [3.8, 4) is 5.75 Å². The largest absolute Gasteiger partial charge is 0.378 e. The lowest BCUT2D eigenvalue weighted by molar-refractivity contribution is 0.0961. The van der Waals surface area contributed by atoms with Gasteiger partial charge in [0.15, 0.2) is 5.75 Å². The fraction of sp³-hybridized carbons (Fsp3) is 0.133. The number of hydrogen-bond donors (Lipinski definition) is 1. The number of rotatable bonds is 4. The van der Waals surface area contributed by atoms with Crippen LogP contribution in [0.4, 0.5) is 0 Å². The lowest BCUT2D eigenvalue weighted by Gasteiger charge is -2.10. The molecule has 6 heteroatoms. The molecular formula is C15H15NO4S. The van der Waals surface area contributed by atoms with Crippen molar-refractivity contribution in [1.82, 2.24) is 5.32 Å². The lowest BCUT2D eigenvalue weighted by atomic mass is 10.2. The summed E-state index contributed by atoms with van der Waals surface area (Å²) in [5, 5.41) is 2.44. The minimum atomic E-state index is -3.97. The summed E-state index contributed by atoms with van der Waals surface area (Å²) < 4.78 is 29.5. The van der Waals surface area contributed by atoms with Crippen LogP contribution in [0.5, 0.6) is 5.75 Å². The van der Waals surface area contributed by atoms with Gasteiger partial charge in [-0.15, -0.1) is 0 Å². The Morgan fingerprint density at radius 1 is 1.05 bits per heavy atom. The van der Waals surface area contributed by atoms with Gasteiger partial charge in [0.1, 0.15) is 4.90 Å². The molecule has 0 aliphatic heterocycles. The van der Waals surface area contributed by atoms with Crippen molar-refractivity contribution >= 4 is 16.0 Å². The fourth-order valence-electron chi connectivity index (χ4n) is 1.73. The Morgan fingerprint density at radius 2 is 1.67 bits per heavy atom. The number of para-hydroxylation sites is 1. The summed E-state index contributed by atoms with van der Waals surface area (Å²) in [5.74, 6) is -0.415. The Balaban J connectivity index is 2.37. The second kappa shape index (κ2) is 5.97. The highest BCUT2D eigenvalue weighted by atomic mass is 32.2. The first kappa shape index (κ1) is 15.1. The maximum absolute atomic E-state index is 12.2. The van der Waals surface area contributed by atoms with E-state index in [-0.39, 0.29) is 16.2 Å². The second-order valence-electron chi connectivity index (χ2n) is 4.43. The van der Waals surface area contributed by atoms with Crippen molar-refractivity contribution in [2.45, 2.75) is 11.8 Å². The number of hydrogen-bond acceptors (Lipinski definition) is 4. The Kier molecular flexibility index (Phi) is 4.28. The molecule has 0 aliphatic rings. The Bertz CT molecular complexity index is 751. The summed E-state index contributed by atoms with van der Waals surface area (Å²) >= 11 is 0. The third-order valence-electron chi connectivity index (χ3n) is 2.87. The molecule has 1 amide bonds. The average Bonchev–Trinajstić information content (AvgIpc) is 2.47. The van der Waals surface area contributed by atoms with E-state index in [1.54, 1.807) is 24.3 Å². The Labute approximate surface area is 123 Å². The van der Waals surface area contributed by atoms with Crippen LogP contribution < -0.4 is 9.50 Å². The molecule has 0 aliphatic carbocycles. The molecule has 0 fully saturated rings. The topological polar surface area (TPSA) is 72.5 Å². The molecule has 0 atom stereocenters. The van der Waals surface area contributed by atoms with Crippen LogP contribution in [0, 0.1) is 6.92 Å². The van der Waals surface area contributed by atoms with Crippen molar-refractivity contribution in [2.75, 3.05) is 7.05 Å². The normalized spacial score (nSPS) is 11.0. The van der Waals surface area contributed by atoms with Gasteiger partial charge in [0.2, 0.25) is 0 Å². The summed E-state index contributed by atoms with van der Waals surface area (Å²) in [7, 11) is -2.51. The van der Waals surface area contributed by atoms with Crippen molar-refractivity contribution in [2.24, 2.45) is 0 Å². The molecule has 110 valence electrons. The lowest BCUT2D eigenvalue weighted by Crippen LogP contribution is -2.20. The number of carbonyl (C=O) groups is 1. The van der Waals surface area contributed by atoms with Crippen molar-refractivity contribution in [3.63, 3.8) is 0 Å². The highest BCUT2D eigenvalue weighted by Crippen LogP contribution is 2.23. The van der Waals surface area contributed by atoms with Crippen LogP contribution in [0.15, 0.2) is 53.4 Å². The van der Waals surface area contributed by atoms with Gasteiger partial charge in [-0.25, -0.2) is 0 Å². The van der Waals surface area contributed by atoms with Crippen molar-refractivity contribution < 1.29 is 17.4 Å². The number of benzene rings is 2. The van der Waals surface area contributed by atoms with E-state index in [1.807, 2.05) is 6.92 Å². The van der Waals surface area contributed by atoms with E-state index >= 15 is 0 Å². The summed E-state index contributed by atoms with van der Waals surface area (Å²) in [6, 6.07) is 12.5. The minimum Gasteiger partial charge on any atom is -0.378 e. The summed E-state index contributed by atoms with van der Waals surface area (Å²) in [6.07, 6.45) is 0. The van der Waals surface area contributed by atoms with Crippen molar-refractivity contribution in [3.05, 3.63) is 59.7 Å². The van der Waals surface area contributed by atoms with E-state index in [9.17, 15) is 13.2 Å². The smallest absolute Gasteiger partial charge is 0.339 e. The highest BCUT2D eigenvalue weighted by molar-refractivity contribution is 7.87. The average molecular weight is 305 g/mol. The van der Waals surface area contributed by atoms with Crippen molar-refractivity contribution in [1.29, 1.82) is 0 Å². The monoisotopic (exact) mass is 305 g/mol. The van der Waals surface area contributed by atoms with Gasteiger partial charge in [-0.1, -0.05) is 29.8 Å². The quantitative estimate of drug-likeness (QED) is 0.878. The van der Waals surface area contributed by atoms with Gasteiger partial charge in [-0.2, -0.15) is 8.42 Å². The molecule has 2 aromatic carbocycles. The molecule has 2 rings (SSSR count). The van der Waals surface area contributed by atoms with Gasteiger partial charge >= 0.3 is 10.1 Å². The van der Waals surface area contributed by atoms with Crippen LogP contribution in [0.1, 0.15) is 15.9 Å². The number of nitrogens with one attached hydrogen (secondary N) is 1. The predicted molar refractivity (Wildman–Crippen MR) is 78.8 cm³/mol. The Morgan fingerprint density at radius 3 is 2.29 bits per heavy atom. The fourth-order valence-corrected chi connectivity index (χ4v) is 2.68. The van der Waals surface area contributed by atoms with E-state index in [1.165, 1.54) is 31.3 Å².